The van der Waals surface area contributed by atoms with Crippen LogP contribution in [-0.2, 0) is 6.42 Å². The fraction of sp³-hybridized carbons (Fsp3) is 0.478. The minimum atomic E-state index is 1.07. The van der Waals surface area contributed by atoms with Crippen molar-refractivity contribution in [3.8, 4) is 0 Å². The van der Waals surface area contributed by atoms with Crippen LogP contribution in [0.4, 0.5) is 11.4 Å². The Morgan fingerprint density at radius 3 is 1.88 bits per heavy atom. The van der Waals surface area contributed by atoms with Crippen molar-refractivity contribution in [1.82, 2.24) is 0 Å². The topological polar surface area (TPSA) is 3.24 Å². The SMILES string of the molecule is CCCCCCCCN1c2ccc(C)cc2Cc2cc(C)ccc21. The molecule has 0 fully saturated rings. The lowest BCUT2D eigenvalue weighted by Gasteiger charge is -2.34. The maximum atomic E-state index is 2.56. The lowest BCUT2D eigenvalue weighted by atomic mass is 9.93. The number of hydrogen-bond donors (Lipinski definition) is 0. The Bertz CT molecular complexity index is 635. The average molecular weight is 322 g/mol. The highest BCUT2D eigenvalue weighted by Gasteiger charge is 2.22. The molecule has 24 heavy (non-hydrogen) atoms. The van der Waals surface area contributed by atoms with Gasteiger partial charge < -0.3 is 4.90 Å². The summed E-state index contributed by atoms with van der Waals surface area (Å²) in [7, 11) is 0. The van der Waals surface area contributed by atoms with Crippen LogP contribution in [0.5, 0.6) is 0 Å². The summed E-state index contributed by atoms with van der Waals surface area (Å²) in [6.45, 7) is 7.82. The van der Waals surface area contributed by atoms with E-state index in [9.17, 15) is 0 Å². The van der Waals surface area contributed by atoms with E-state index in [0.717, 1.165) is 13.0 Å². The maximum absolute atomic E-state index is 2.56. The van der Waals surface area contributed by atoms with Crippen molar-refractivity contribution in [3.05, 3.63) is 58.7 Å². The van der Waals surface area contributed by atoms with Gasteiger partial charge in [-0.2, -0.15) is 0 Å². The zero-order valence-electron chi connectivity index (χ0n) is 15.6. The van der Waals surface area contributed by atoms with Crippen molar-refractivity contribution < 1.29 is 0 Å². The van der Waals surface area contributed by atoms with Crippen LogP contribution in [0.15, 0.2) is 36.4 Å². The monoisotopic (exact) mass is 321 g/mol. The van der Waals surface area contributed by atoms with Gasteiger partial charge in [0.05, 0.1) is 0 Å². The van der Waals surface area contributed by atoms with Crippen molar-refractivity contribution in [2.45, 2.75) is 65.7 Å². The molecule has 0 radical (unpaired) electrons. The van der Waals surface area contributed by atoms with Crippen LogP contribution in [0.3, 0.4) is 0 Å². The van der Waals surface area contributed by atoms with Gasteiger partial charge in [-0.25, -0.2) is 0 Å². The molecule has 0 bridgehead atoms. The quantitative estimate of drug-likeness (QED) is 0.512. The summed E-state index contributed by atoms with van der Waals surface area (Å²) in [6.07, 6.45) is 9.18. The van der Waals surface area contributed by atoms with Crippen LogP contribution in [0.1, 0.15) is 67.7 Å². The first-order valence-corrected chi connectivity index (χ1v) is 9.65. The minimum absolute atomic E-state index is 1.07. The average Bonchev–Trinajstić information content (AvgIpc) is 2.56. The minimum Gasteiger partial charge on any atom is -0.341 e. The molecule has 0 amide bonds. The van der Waals surface area contributed by atoms with Gasteiger partial charge in [-0.3, -0.25) is 0 Å². The van der Waals surface area contributed by atoms with E-state index in [1.165, 1.54) is 72.2 Å². The summed E-state index contributed by atoms with van der Waals surface area (Å²) in [4.78, 5) is 2.56. The van der Waals surface area contributed by atoms with Gasteiger partial charge in [-0.05, 0) is 43.5 Å². The molecule has 0 N–H and O–H groups in total. The van der Waals surface area contributed by atoms with Crippen LogP contribution in [0, 0.1) is 13.8 Å². The second-order valence-electron chi connectivity index (χ2n) is 7.36. The standard InChI is InChI=1S/C23H31N/c1-4-5-6-7-8-9-14-24-22-12-10-18(2)15-20(22)17-21-16-19(3)11-13-23(21)24/h10-13,15-16H,4-9,14,17H2,1-3H3. The highest BCUT2D eigenvalue weighted by atomic mass is 15.1. The van der Waals surface area contributed by atoms with Gasteiger partial charge in [0.25, 0.3) is 0 Å². The van der Waals surface area contributed by atoms with E-state index in [-0.39, 0.29) is 0 Å². The summed E-state index contributed by atoms with van der Waals surface area (Å²) in [5.41, 5.74) is 8.54. The third-order valence-corrected chi connectivity index (χ3v) is 5.17. The molecular weight excluding hydrogens is 290 g/mol. The molecule has 1 nitrogen and oxygen atoms in total. The van der Waals surface area contributed by atoms with Gasteiger partial charge in [0, 0.05) is 24.3 Å². The molecule has 0 atom stereocenters. The molecule has 1 aliphatic heterocycles. The fourth-order valence-electron chi connectivity index (χ4n) is 3.86. The first-order chi connectivity index (χ1) is 11.7. The summed E-state index contributed by atoms with van der Waals surface area (Å²) in [6, 6.07) is 13.9. The van der Waals surface area contributed by atoms with E-state index in [1.807, 2.05) is 0 Å². The van der Waals surface area contributed by atoms with Crippen LogP contribution < -0.4 is 4.90 Å². The highest BCUT2D eigenvalue weighted by molar-refractivity contribution is 5.74. The number of nitrogens with zero attached hydrogens (tertiary/aromatic N) is 1. The Kier molecular flexibility index (Phi) is 5.60. The predicted octanol–water partition coefficient (Wildman–Crippen LogP) is 6.71. The Hall–Kier alpha value is -1.76. The number of aryl methyl sites for hydroxylation is 2. The zero-order valence-corrected chi connectivity index (χ0v) is 15.6. The number of unbranched alkanes of at least 4 members (excludes halogenated alkanes) is 5. The Labute approximate surface area is 147 Å². The lowest BCUT2D eigenvalue weighted by Crippen LogP contribution is -2.24. The number of rotatable bonds is 7. The molecule has 0 saturated heterocycles. The predicted molar refractivity (Wildman–Crippen MR) is 106 cm³/mol. The number of fused-ring (bicyclic) bond motifs is 2. The largest absolute Gasteiger partial charge is 0.341 e. The van der Waals surface area contributed by atoms with E-state index in [2.05, 4.69) is 62.1 Å². The number of benzene rings is 2. The Morgan fingerprint density at radius 1 is 0.750 bits per heavy atom. The second-order valence-corrected chi connectivity index (χ2v) is 7.36. The molecule has 0 saturated carbocycles. The van der Waals surface area contributed by atoms with Crippen molar-refractivity contribution in [2.75, 3.05) is 11.4 Å². The summed E-state index contributed by atoms with van der Waals surface area (Å²) >= 11 is 0. The molecule has 3 rings (SSSR count). The van der Waals surface area contributed by atoms with E-state index in [4.69, 9.17) is 0 Å². The third kappa shape index (κ3) is 3.83. The van der Waals surface area contributed by atoms with E-state index in [0.29, 0.717) is 0 Å². The van der Waals surface area contributed by atoms with Gasteiger partial charge in [0.15, 0.2) is 0 Å². The fourth-order valence-corrected chi connectivity index (χ4v) is 3.86. The van der Waals surface area contributed by atoms with Gasteiger partial charge >= 0.3 is 0 Å². The van der Waals surface area contributed by atoms with Crippen LogP contribution in [0.25, 0.3) is 0 Å². The molecule has 2 aromatic rings. The number of hydrogen-bond acceptors (Lipinski definition) is 1. The zero-order chi connectivity index (χ0) is 16.9. The maximum Gasteiger partial charge on any atom is 0.0446 e. The van der Waals surface area contributed by atoms with Crippen molar-refractivity contribution in [2.24, 2.45) is 0 Å². The summed E-state index contributed by atoms with van der Waals surface area (Å²) in [5, 5.41) is 0. The molecule has 0 aromatic heterocycles. The van der Waals surface area contributed by atoms with Crippen LogP contribution >= 0.6 is 0 Å². The van der Waals surface area contributed by atoms with E-state index >= 15 is 0 Å². The van der Waals surface area contributed by atoms with Crippen molar-refractivity contribution >= 4 is 11.4 Å². The Balaban J connectivity index is 1.77. The molecular formula is C23H31N. The molecule has 128 valence electrons. The van der Waals surface area contributed by atoms with Crippen LogP contribution in [-0.4, -0.2) is 6.54 Å². The normalized spacial score (nSPS) is 12.9. The molecule has 1 heterocycles. The van der Waals surface area contributed by atoms with Crippen molar-refractivity contribution in [1.29, 1.82) is 0 Å². The van der Waals surface area contributed by atoms with Crippen molar-refractivity contribution in [3.63, 3.8) is 0 Å². The van der Waals surface area contributed by atoms with E-state index < -0.39 is 0 Å². The molecule has 1 aliphatic rings. The summed E-state index contributed by atoms with van der Waals surface area (Å²) in [5.74, 6) is 0. The first kappa shape index (κ1) is 17.1. The highest BCUT2D eigenvalue weighted by Crippen LogP contribution is 2.39. The molecule has 0 aliphatic carbocycles. The lowest BCUT2D eigenvalue weighted by molar-refractivity contribution is 0.608. The molecule has 1 heteroatoms. The molecule has 0 unspecified atom stereocenters. The first-order valence-electron chi connectivity index (χ1n) is 9.65. The smallest absolute Gasteiger partial charge is 0.0446 e. The van der Waals surface area contributed by atoms with Gasteiger partial charge in [0.2, 0.25) is 0 Å². The molecule has 2 aromatic carbocycles. The van der Waals surface area contributed by atoms with Gasteiger partial charge in [0.1, 0.15) is 0 Å². The van der Waals surface area contributed by atoms with Gasteiger partial charge in [-0.15, -0.1) is 0 Å². The summed E-state index contributed by atoms with van der Waals surface area (Å²) < 4.78 is 0. The third-order valence-electron chi connectivity index (χ3n) is 5.17. The number of anilines is 2. The van der Waals surface area contributed by atoms with E-state index in [1.54, 1.807) is 0 Å². The van der Waals surface area contributed by atoms with Crippen LogP contribution in [0.2, 0.25) is 0 Å². The molecule has 0 spiro atoms. The van der Waals surface area contributed by atoms with Gasteiger partial charge in [-0.1, -0.05) is 74.4 Å². The Morgan fingerprint density at radius 2 is 1.29 bits per heavy atom. The second kappa shape index (κ2) is 7.88.